The third kappa shape index (κ3) is 9.48. The fourth-order valence-corrected chi connectivity index (χ4v) is 6.73. The maximum atomic E-state index is 13.7. The van der Waals surface area contributed by atoms with Gasteiger partial charge in [-0.05, 0) is 42.4 Å². The number of thiazole rings is 1. The van der Waals surface area contributed by atoms with Gasteiger partial charge < -0.3 is 20.7 Å². The second kappa shape index (κ2) is 15.6. The van der Waals surface area contributed by atoms with E-state index in [1.54, 1.807) is 18.3 Å². The van der Waals surface area contributed by atoms with Gasteiger partial charge in [-0.15, -0.1) is 11.3 Å². The van der Waals surface area contributed by atoms with Gasteiger partial charge in [-0.1, -0.05) is 46.1 Å². The Morgan fingerprint density at radius 3 is 2.54 bits per heavy atom. The third-order valence-electron chi connectivity index (χ3n) is 8.30. The Labute approximate surface area is 248 Å². The van der Waals surface area contributed by atoms with E-state index < -0.39 is 6.04 Å². The highest BCUT2D eigenvalue weighted by molar-refractivity contribution is 7.18. The molecule has 0 spiro atoms. The Morgan fingerprint density at radius 1 is 1.07 bits per heavy atom. The third-order valence-corrected chi connectivity index (χ3v) is 9.34. The van der Waals surface area contributed by atoms with Crippen molar-refractivity contribution in [3.63, 3.8) is 0 Å². The maximum absolute atomic E-state index is 13.7. The molecule has 4 rings (SSSR count). The molecule has 1 aliphatic heterocycles. The average Bonchev–Trinajstić information content (AvgIpc) is 3.40. The number of nitrogens with zero attached hydrogens (tertiary/aromatic N) is 2. The van der Waals surface area contributed by atoms with Crippen LogP contribution in [0.2, 0.25) is 0 Å². The van der Waals surface area contributed by atoms with Crippen LogP contribution in [0, 0.1) is 5.92 Å². The zero-order valence-corrected chi connectivity index (χ0v) is 25.7. The van der Waals surface area contributed by atoms with Gasteiger partial charge in [0, 0.05) is 51.5 Å². The van der Waals surface area contributed by atoms with E-state index in [-0.39, 0.29) is 23.8 Å². The van der Waals surface area contributed by atoms with Crippen molar-refractivity contribution in [1.82, 2.24) is 25.8 Å². The molecule has 2 aliphatic rings. The summed E-state index contributed by atoms with van der Waals surface area (Å²) in [6.07, 6.45) is 6.56. The van der Waals surface area contributed by atoms with Gasteiger partial charge in [-0.2, -0.15) is 0 Å². The molecule has 0 bridgehead atoms. The summed E-state index contributed by atoms with van der Waals surface area (Å²) in [4.78, 5) is 45.9. The molecule has 0 radical (unpaired) electrons. The standard InChI is InChI=1S/C31H47N5O4S/c1-4-28(37)33-25(19-30-34-24-11-10-23(21(2)3)18-27(24)41-30)31(39)35-26(22-8-6-5-7-9-22)20-32-29(38)12-13-36-14-16-40-17-15-36/h10-11,18,21-22,25-26H,4-9,12-17,19-20H2,1-3H3,(H,32,38)(H,33,37)(H,35,39)/t25?,26-/m1/s1. The van der Waals surface area contributed by atoms with E-state index in [1.807, 2.05) is 6.07 Å². The predicted molar refractivity (Wildman–Crippen MR) is 163 cm³/mol. The molecule has 2 fully saturated rings. The molecule has 2 heterocycles. The van der Waals surface area contributed by atoms with Gasteiger partial charge >= 0.3 is 0 Å². The highest BCUT2D eigenvalue weighted by Crippen LogP contribution is 2.28. The molecule has 226 valence electrons. The number of hydrogen-bond acceptors (Lipinski definition) is 7. The Balaban J connectivity index is 1.41. The first-order chi connectivity index (χ1) is 19.8. The highest BCUT2D eigenvalue weighted by Gasteiger charge is 2.30. The number of hydrogen-bond donors (Lipinski definition) is 3. The van der Waals surface area contributed by atoms with Gasteiger partial charge in [0.15, 0.2) is 0 Å². The summed E-state index contributed by atoms with van der Waals surface area (Å²) >= 11 is 1.58. The lowest BCUT2D eigenvalue weighted by Gasteiger charge is -2.32. The SMILES string of the molecule is CCC(=O)NC(Cc1nc2ccc(C(C)C)cc2s1)C(=O)N[C@H](CNC(=O)CCN1CCOCC1)C1CCCCC1. The molecular formula is C31H47N5O4S. The first-order valence-corrected chi connectivity index (χ1v) is 16.2. The number of amides is 3. The fourth-order valence-electron chi connectivity index (χ4n) is 5.67. The summed E-state index contributed by atoms with van der Waals surface area (Å²) in [5.74, 6) is 0.333. The van der Waals surface area contributed by atoms with Crippen molar-refractivity contribution in [3.05, 3.63) is 28.8 Å². The van der Waals surface area contributed by atoms with E-state index in [0.29, 0.717) is 57.4 Å². The van der Waals surface area contributed by atoms with Crippen LogP contribution in [0.15, 0.2) is 18.2 Å². The van der Waals surface area contributed by atoms with Crippen LogP contribution in [0.25, 0.3) is 10.2 Å². The van der Waals surface area contributed by atoms with Crippen LogP contribution in [0.1, 0.15) is 82.2 Å². The van der Waals surface area contributed by atoms with Crippen molar-refractivity contribution >= 4 is 39.3 Å². The number of nitrogens with one attached hydrogen (secondary N) is 3. The molecule has 1 unspecified atom stereocenters. The number of carbonyl (C=O) groups is 3. The largest absolute Gasteiger partial charge is 0.379 e. The van der Waals surface area contributed by atoms with E-state index in [9.17, 15) is 14.4 Å². The second-order valence-corrected chi connectivity index (χ2v) is 12.8. The molecule has 2 aromatic rings. The summed E-state index contributed by atoms with van der Waals surface area (Å²) in [5.41, 5.74) is 2.17. The lowest BCUT2D eigenvalue weighted by Crippen LogP contribution is -2.55. The van der Waals surface area contributed by atoms with E-state index in [0.717, 1.165) is 54.0 Å². The molecule has 41 heavy (non-hydrogen) atoms. The minimum absolute atomic E-state index is 0.00220. The fraction of sp³-hybridized carbons (Fsp3) is 0.677. The average molecular weight is 586 g/mol. The number of morpholine rings is 1. The van der Waals surface area contributed by atoms with Crippen molar-refractivity contribution in [2.45, 2.75) is 90.1 Å². The molecule has 1 saturated heterocycles. The highest BCUT2D eigenvalue weighted by atomic mass is 32.1. The minimum Gasteiger partial charge on any atom is -0.379 e. The number of rotatable bonds is 13. The molecule has 3 amide bonds. The van der Waals surface area contributed by atoms with Crippen molar-refractivity contribution in [3.8, 4) is 0 Å². The monoisotopic (exact) mass is 585 g/mol. The van der Waals surface area contributed by atoms with Crippen LogP contribution in [-0.2, 0) is 25.5 Å². The number of aromatic nitrogens is 1. The lowest BCUT2D eigenvalue weighted by atomic mass is 9.83. The summed E-state index contributed by atoms with van der Waals surface area (Å²) in [5, 5.41) is 10.1. The molecule has 1 aromatic carbocycles. The van der Waals surface area contributed by atoms with E-state index in [2.05, 4.69) is 46.8 Å². The molecule has 1 saturated carbocycles. The first-order valence-electron chi connectivity index (χ1n) is 15.4. The zero-order chi connectivity index (χ0) is 29.2. The molecule has 9 nitrogen and oxygen atoms in total. The van der Waals surface area contributed by atoms with Gasteiger partial charge in [0.05, 0.1) is 28.4 Å². The lowest BCUT2D eigenvalue weighted by molar-refractivity contribution is -0.129. The quantitative estimate of drug-likeness (QED) is 0.330. The van der Waals surface area contributed by atoms with Gasteiger partial charge in [-0.25, -0.2) is 4.98 Å². The molecule has 1 aliphatic carbocycles. The maximum Gasteiger partial charge on any atom is 0.243 e. The van der Waals surface area contributed by atoms with E-state index in [1.165, 1.54) is 12.0 Å². The van der Waals surface area contributed by atoms with Crippen LogP contribution in [-0.4, -0.2) is 79.1 Å². The van der Waals surface area contributed by atoms with Crippen LogP contribution in [0.4, 0.5) is 0 Å². The number of carbonyl (C=O) groups excluding carboxylic acids is 3. The Morgan fingerprint density at radius 2 is 1.83 bits per heavy atom. The smallest absolute Gasteiger partial charge is 0.243 e. The van der Waals surface area contributed by atoms with Gasteiger partial charge in [-0.3, -0.25) is 19.3 Å². The molecule has 10 heteroatoms. The van der Waals surface area contributed by atoms with Crippen molar-refractivity contribution < 1.29 is 19.1 Å². The minimum atomic E-state index is -0.726. The first kappa shape index (κ1) is 31.4. The predicted octanol–water partition coefficient (Wildman–Crippen LogP) is 3.76. The van der Waals surface area contributed by atoms with Gasteiger partial charge in [0.1, 0.15) is 6.04 Å². The number of ether oxygens (including phenoxy) is 1. The Bertz CT molecular complexity index is 1160. The van der Waals surface area contributed by atoms with Crippen molar-refractivity contribution in [2.24, 2.45) is 5.92 Å². The van der Waals surface area contributed by atoms with Gasteiger partial charge in [0.2, 0.25) is 17.7 Å². The molecule has 1 aromatic heterocycles. The van der Waals surface area contributed by atoms with Crippen molar-refractivity contribution in [1.29, 1.82) is 0 Å². The van der Waals surface area contributed by atoms with Crippen LogP contribution in [0.5, 0.6) is 0 Å². The van der Waals surface area contributed by atoms with Crippen LogP contribution >= 0.6 is 11.3 Å². The summed E-state index contributed by atoms with van der Waals surface area (Å²) in [6.45, 7) is 10.4. The van der Waals surface area contributed by atoms with Crippen LogP contribution < -0.4 is 16.0 Å². The molecule has 2 atom stereocenters. The number of fused-ring (bicyclic) bond motifs is 1. The zero-order valence-electron chi connectivity index (χ0n) is 24.9. The van der Waals surface area contributed by atoms with Crippen LogP contribution in [0.3, 0.4) is 0 Å². The van der Waals surface area contributed by atoms with Crippen molar-refractivity contribution in [2.75, 3.05) is 39.4 Å². The normalized spacial score (nSPS) is 18.2. The molecule has 3 N–H and O–H groups in total. The number of benzene rings is 1. The summed E-state index contributed by atoms with van der Waals surface area (Å²) < 4.78 is 6.48. The van der Waals surface area contributed by atoms with Gasteiger partial charge in [0.25, 0.3) is 0 Å². The molecular weight excluding hydrogens is 538 g/mol. The topological polar surface area (TPSA) is 113 Å². The second-order valence-electron chi connectivity index (χ2n) is 11.7. The van der Waals surface area contributed by atoms with E-state index >= 15 is 0 Å². The summed E-state index contributed by atoms with van der Waals surface area (Å²) in [7, 11) is 0. The Kier molecular flexibility index (Phi) is 11.9. The van der Waals surface area contributed by atoms with E-state index in [4.69, 9.17) is 9.72 Å². The Hall–Kier alpha value is -2.56. The summed E-state index contributed by atoms with van der Waals surface area (Å²) in [6, 6.07) is 5.40.